The van der Waals surface area contributed by atoms with Crippen molar-refractivity contribution in [3.8, 4) is 17.6 Å². The Labute approximate surface area is 215 Å². The topological polar surface area (TPSA) is 100 Å². The molecule has 4 rings (SSSR count). The summed E-state index contributed by atoms with van der Waals surface area (Å²) in [5.41, 5.74) is 3.35. The Hall–Kier alpha value is -3.70. The molecule has 186 valence electrons. The second-order valence-electron chi connectivity index (χ2n) is 8.35. The van der Waals surface area contributed by atoms with E-state index in [2.05, 4.69) is 16.7 Å². The molecular formula is C28H29N3O4S. The van der Waals surface area contributed by atoms with E-state index in [4.69, 9.17) is 9.47 Å². The summed E-state index contributed by atoms with van der Waals surface area (Å²) in [7, 11) is 0. The van der Waals surface area contributed by atoms with Gasteiger partial charge in [0, 0.05) is 28.9 Å². The van der Waals surface area contributed by atoms with E-state index >= 15 is 0 Å². The fourth-order valence-corrected chi connectivity index (χ4v) is 5.35. The number of benzene rings is 2. The molecule has 2 aromatic rings. The normalized spacial score (nSPS) is 17.1. The Morgan fingerprint density at radius 2 is 1.86 bits per heavy atom. The quantitative estimate of drug-likeness (QED) is 0.480. The Bertz CT molecular complexity index is 1240. The highest BCUT2D eigenvalue weighted by Gasteiger charge is 2.38. The number of Topliss-reactive ketones (excluding diaryl/α,β-unsaturated/α-hetero) is 1. The van der Waals surface area contributed by atoms with E-state index in [1.165, 1.54) is 11.8 Å². The lowest BCUT2D eigenvalue weighted by Crippen LogP contribution is -2.32. The highest BCUT2D eigenvalue weighted by atomic mass is 32.2. The molecule has 0 radical (unpaired) electrons. The summed E-state index contributed by atoms with van der Waals surface area (Å²) in [5.74, 6) is 0.828. The molecular weight excluding hydrogens is 474 g/mol. The minimum absolute atomic E-state index is 0.0464. The Morgan fingerprint density at radius 3 is 2.58 bits per heavy atom. The van der Waals surface area contributed by atoms with Crippen molar-refractivity contribution in [1.29, 1.82) is 5.26 Å². The van der Waals surface area contributed by atoms with E-state index in [9.17, 15) is 14.9 Å². The number of allylic oxidation sites excluding steroid dienone is 3. The van der Waals surface area contributed by atoms with Gasteiger partial charge in [0.1, 0.15) is 11.5 Å². The van der Waals surface area contributed by atoms with Crippen molar-refractivity contribution < 1.29 is 19.1 Å². The molecule has 2 aromatic carbocycles. The molecule has 0 bridgehead atoms. The van der Waals surface area contributed by atoms with E-state index in [1.807, 2.05) is 38.1 Å². The SMILES string of the molecule is CCOc1ccc(NC(=O)CSC2=C(C#N)[C@H](c3ccccc3OCC)C3=C(CCCC3=O)N2)cc1. The van der Waals surface area contributed by atoms with Gasteiger partial charge in [0.15, 0.2) is 5.78 Å². The molecule has 36 heavy (non-hydrogen) atoms. The predicted molar refractivity (Wildman–Crippen MR) is 141 cm³/mol. The molecule has 2 aliphatic rings. The van der Waals surface area contributed by atoms with Crippen molar-refractivity contribution >= 4 is 29.1 Å². The second kappa shape index (κ2) is 11.8. The molecule has 0 spiro atoms. The number of anilines is 1. The summed E-state index contributed by atoms with van der Waals surface area (Å²) in [6.45, 7) is 4.87. The number of carbonyl (C=O) groups excluding carboxylic acids is 2. The van der Waals surface area contributed by atoms with Crippen LogP contribution in [0.2, 0.25) is 0 Å². The minimum atomic E-state index is -0.529. The number of dihydropyridines is 1. The summed E-state index contributed by atoms with van der Waals surface area (Å²) in [5, 5.41) is 17.0. The van der Waals surface area contributed by atoms with Crippen LogP contribution in [0.3, 0.4) is 0 Å². The van der Waals surface area contributed by atoms with Crippen molar-refractivity contribution in [3.63, 3.8) is 0 Å². The van der Waals surface area contributed by atoms with Crippen LogP contribution in [0.25, 0.3) is 0 Å². The monoisotopic (exact) mass is 503 g/mol. The van der Waals surface area contributed by atoms with Crippen LogP contribution in [0.15, 0.2) is 70.4 Å². The molecule has 1 amide bonds. The number of carbonyl (C=O) groups is 2. The van der Waals surface area contributed by atoms with E-state index < -0.39 is 5.92 Å². The molecule has 0 aromatic heterocycles. The number of para-hydroxylation sites is 1. The number of ketones is 1. The molecule has 0 fully saturated rings. The van der Waals surface area contributed by atoms with Crippen LogP contribution in [0.1, 0.15) is 44.6 Å². The van der Waals surface area contributed by atoms with Crippen molar-refractivity contribution in [2.75, 3.05) is 24.3 Å². The maximum Gasteiger partial charge on any atom is 0.234 e. The highest BCUT2D eigenvalue weighted by Crippen LogP contribution is 2.46. The lowest BCUT2D eigenvalue weighted by atomic mass is 9.76. The third-order valence-corrected chi connectivity index (χ3v) is 7.01. The lowest BCUT2D eigenvalue weighted by Gasteiger charge is -2.33. The number of hydrogen-bond donors (Lipinski definition) is 2. The van der Waals surface area contributed by atoms with Crippen LogP contribution in [0.4, 0.5) is 5.69 Å². The van der Waals surface area contributed by atoms with Gasteiger partial charge in [-0.2, -0.15) is 5.26 Å². The summed E-state index contributed by atoms with van der Waals surface area (Å²) in [6, 6.07) is 17.1. The maximum absolute atomic E-state index is 13.0. The van der Waals surface area contributed by atoms with E-state index in [-0.39, 0.29) is 17.4 Å². The number of nitrogens with one attached hydrogen (secondary N) is 2. The highest BCUT2D eigenvalue weighted by molar-refractivity contribution is 8.03. The molecule has 1 aliphatic heterocycles. The molecule has 1 aliphatic carbocycles. The zero-order chi connectivity index (χ0) is 25.5. The zero-order valence-electron chi connectivity index (χ0n) is 20.4. The fraction of sp³-hybridized carbons (Fsp3) is 0.321. The summed E-state index contributed by atoms with van der Waals surface area (Å²) in [4.78, 5) is 25.7. The van der Waals surface area contributed by atoms with Crippen LogP contribution >= 0.6 is 11.8 Å². The Morgan fingerprint density at radius 1 is 1.11 bits per heavy atom. The smallest absolute Gasteiger partial charge is 0.234 e. The molecule has 7 nitrogen and oxygen atoms in total. The van der Waals surface area contributed by atoms with Crippen LogP contribution in [-0.2, 0) is 9.59 Å². The van der Waals surface area contributed by atoms with Crippen LogP contribution in [0.5, 0.6) is 11.5 Å². The predicted octanol–water partition coefficient (Wildman–Crippen LogP) is 5.28. The first-order valence-electron chi connectivity index (χ1n) is 12.1. The largest absolute Gasteiger partial charge is 0.494 e. The van der Waals surface area contributed by atoms with Gasteiger partial charge >= 0.3 is 0 Å². The molecule has 1 atom stereocenters. The van der Waals surface area contributed by atoms with Gasteiger partial charge in [-0.1, -0.05) is 30.0 Å². The van der Waals surface area contributed by atoms with Crippen molar-refractivity contribution in [3.05, 3.63) is 76.0 Å². The van der Waals surface area contributed by atoms with Crippen molar-refractivity contribution in [2.24, 2.45) is 0 Å². The Kier molecular flexibility index (Phi) is 8.34. The average Bonchev–Trinajstić information content (AvgIpc) is 2.88. The summed E-state index contributed by atoms with van der Waals surface area (Å²) in [6.07, 6.45) is 1.93. The van der Waals surface area contributed by atoms with Gasteiger partial charge in [0.2, 0.25) is 5.91 Å². The molecule has 0 saturated heterocycles. The first-order chi connectivity index (χ1) is 17.5. The zero-order valence-corrected chi connectivity index (χ0v) is 21.2. The number of hydrogen-bond acceptors (Lipinski definition) is 7. The number of thioether (sulfide) groups is 1. The molecule has 8 heteroatoms. The van der Waals surface area contributed by atoms with Crippen LogP contribution in [-0.4, -0.2) is 30.7 Å². The van der Waals surface area contributed by atoms with Gasteiger partial charge in [0.05, 0.1) is 41.6 Å². The third kappa shape index (κ3) is 5.58. The first kappa shape index (κ1) is 25.4. The number of nitriles is 1. The third-order valence-electron chi connectivity index (χ3n) is 5.99. The first-order valence-corrected chi connectivity index (χ1v) is 13.1. The van der Waals surface area contributed by atoms with E-state index in [1.54, 1.807) is 24.3 Å². The number of nitrogens with zero attached hydrogens (tertiary/aromatic N) is 1. The maximum atomic E-state index is 13.0. The van der Waals surface area contributed by atoms with Gasteiger partial charge in [-0.15, -0.1) is 0 Å². The van der Waals surface area contributed by atoms with E-state index in [0.717, 1.165) is 29.9 Å². The number of amides is 1. The standard InChI is InChI=1S/C28H29N3O4S/c1-3-34-19-14-12-18(13-15-19)30-25(33)17-36-28-21(16-29)26(20-8-5-6-11-24(20)35-4-2)27-22(31-28)9-7-10-23(27)32/h5-6,8,11-15,26,31H,3-4,7,9-10,17H2,1-2H3,(H,30,33)/t26-/m0/s1. The van der Waals surface area contributed by atoms with Crippen molar-refractivity contribution in [1.82, 2.24) is 5.32 Å². The number of ether oxygens (including phenoxy) is 2. The van der Waals surface area contributed by atoms with Crippen LogP contribution in [0, 0.1) is 11.3 Å². The number of rotatable bonds is 9. The summed E-state index contributed by atoms with van der Waals surface area (Å²) < 4.78 is 11.3. The molecule has 2 N–H and O–H groups in total. The van der Waals surface area contributed by atoms with Gasteiger partial charge < -0.3 is 20.1 Å². The van der Waals surface area contributed by atoms with E-state index in [0.29, 0.717) is 47.2 Å². The van der Waals surface area contributed by atoms with Gasteiger partial charge in [-0.3, -0.25) is 9.59 Å². The molecule has 1 heterocycles. The van der Waals surface area contributed by atoms with Gasteiger partial charge in [-0.25, -0.2) is 0 Å². The minimum Gasteiger partial charge on any atom is -0.494 e. The fourth-order valence-electron chi connectivity index (χ4n) is 4.49. The van der Waals surface area contributed by atoms with Crippen LogP contribution < -0.4 is 20.1 Å². The average molecular weight is 504 g/mol. The Balaban J connectivity index is 1.59. The van der Waals surface area contributed by atoms with Gasteiger partial charge in [0.25, 0.3) is 0 Å². The van der Waals surface area contributed by atoms with Gasteiger partial charge in [-0.05, 0) is 57.0 Å². The molecule has 0 unspecified atom stereocenters. The van der Waals surface area contributed by atoms with Crippen molar-refractivity contribution in [2.45, 2.75) is 39.0 Å². The molecule has 0 saturated carbocycles. The lowest BCUT2D eigenvalue weighted by molar-refractivity contribution is -0.116. The summed E-state index contributed by atoms with van der Waals surface area (Å²) >= 11 is 1.27. The second-order valence-corrected chi connectivity index (χ2v) is 9.33.